The Bertz CT molecular complexity index is 463. The van der Waals surface area contributed by atoms with Crippen LogP contribution in [0.25, 0.3) is 0 Å². The summed E-state index contributed by atoms with van der Waals surface area (Å²) in [6.07, 6.45) is 3.71. The van der Waals surface area contributed by atoms with Crippen molar-refractivity contribution >= 4 is 17.6 Å². The number of nitrogens with zero attached hydrogens (tertiary/aromatic N) is 3. The third kappa shape index (κ3) is 2.10. The SMILES string of the molecule is O=C1N=C(N2CCCCC2)CN1c1ccccc1. The number of urea groups is 1. The molecule has 0 bridgehead atoms. The zero-order valence-electron chi connectivity index (χ0n) is 10.4. The first-order valence-electron chi connectivity index (χ1n) is 6.54. The van der Waals surface area contributed by atoms with Crippen LogP contribution >= 0.6 is 0 Å². The Labute approximate surface area is 107 Å². The Hall–Kier alpha value is -1.84. The molecule has 4 heteroatoms. The molecular formula is C14H17N3O. The molecule has 18 heavy (non-hydrogen) atoms. The van der Waals surface area contributed by atoms with Gasteiger partial charge in [0.25, 0.3) is 0 Å². The average molecular weight is 243 g/mol. The van der Waals surface area contributed by atoms with Gasteiger partial charge in [0.15, 0.2) is 0 Å². The molecule has 3 rings (SSSR count). The van der Waals surface area contributed by atoms with Gasteiger partial charge in [-0.2, -0.15) is 4.99 Å². The molecule has 94 valence electrons. The van der Waals surface area contributed by atoms with E-state index in [0.717, 1.165) is 24.6 Å². The Balaban J connectivity index is 1.74. The fraction of sp³-hybridized carbons (Fsp3) is 0.429. The van der Waals surface area contributed by atoms with Crippen LogP contribution in [0.5, 0.6) is 0 Å². The van der Waals surface area contributed by atoms with Crippen LogP contribution < -0.4 is 4.90 Å². The third-order valence-electron chi connectivity index (χ3n) is 3.54. The molecule has 0 aromatic heterocycles. The summed E-state index contributed by atoms with van der Waals surface area (Å²) < 4.78 is 0. The number of amides is 2. The Morgan fingerprint density at radius 2 is 1.72 bits per heavy atom. The predicted molar refractivity (Wildman–Crippen MR) is 72.0 cm³/mol. The molecule has 2 aliphatic rings. The summed E-state index contributed by atoms with van der Waals surface area (Å²) in [7, 11) is 0. The standard InChI is InChI=1S/C14H17N3O/c18-14-15-13(16-9-5-2-6-10-16)11-17(14)12-7-3-1-4-8-12/h1,3-4,7-8H,2,5-6,9-11H2. The van der Waals surface area contributed by atoms with Gasteiger partial charge in [-0.05, 0) is 31.4 Å². The van der Waals surface area contributed by atoms with Crippen LogP contribution in [0, 0.1) is 0 Å². The number of rotatable bonds is 1. The van der Waals surface area contributed by atoms with Crippen molar-refractivity contribution in [1.82, 2.24) is 4.90 Å². The zero-order chi connectivity index (χ0) is 12.4. The van der Waals surface area contributed by atoms with Gasteiger partial charge in [0.05, 0.1) is 6.54 Å². The zero-order valence-corrected chi connectivity index (χ0v) is 10.4. The number of carbonyl (C=O) groups is 1. The molecule has 0 unspecified atom stereocenters. The molecule has 1 aromatic carbocycles. The second-order valence-corrected chi connectivity index (χ2v) is 4.78. The van der Waals surface area contributed by atoms with E-state index in [1.807, 2.05) is 30.3 Å². The van der Waals surface area contributed by atoms with Crippen molar-refractivity contribution in [3.8, 4) is 0 Å². The first-order chi connectivity index (χ1) is 8.84. The van der Waals surface area contributed by atoms with Gasteiger partial charge in [0.2, 0.25) is 0 Å². The molecule has 0 saturated carbocycles. The summed E-state index contributed by atoms with van der Waals surface area (Å²) in [5.74, 6) is 0.934. The summed E-state index contributed by atoms with van der Waals surface area (Å²) in [5.41, 5.74) is 0.929. The van der Waals surface area contributed by atoms with Crippen LogP contribution in [0.3, 0.4) is 0 Å². The fourth-order valence-corrected chi connectivity index (χ4v) is 2.55. The highest BCUT2D eigenvalue weighted by Crippen LogP contribution is 2.20. The van der Waals surface area contributed by atoms with E-state index in [2.05, 4.69) is 9.89 Å². The summed E-state index contributed by atoms with van der Waals surface area (Å²) >= 11 is 0. The van der Waals surface area contributed by atoms with Crippen molar-refractivity contribution in [2.45, 2.75) is 19.3 Å². The maximum Gasteiger partial charge on any atom is 0.350 e. The Morgan fingerprint density at radius 3 is 2.44 bits per heavy atom. The predicted octanol–water partition coefficient (Wildman–Crippen LogP) is 2.51. The summed E-state index contributed by atoms with van der Waals surface area (Å²) in [4.78, 5) is 20.1. The Kier molecular flexibility index (Phi) is 3.00. The lowest BCUT2D eigenvalue weighted by atomic mass is 10.1. The van der Waals surface area contributed by atoms with Crippen LogP contribution in [0.2, 0.25) is 0 Å². The average Bonchev–Trinajstić information content (AvgIpc) is 2.83. The van der Waals surface area contributed by atoms with E-state index in [0.29, 0.717) is 6.54 Å². The lowest BCUT2D eigenvalue weighted by Crippen LogP contribution is -2.39. The van der Waals surface area contributed by atoms with Crippen molar-refractivity contribution in [3.05, 3.63) is 30.3 Å². The molecule has 0 aliphatic carbocycles. The molecule has 2 aliphatic heterocycles. The van der Waals surface area contributed by atoms with E-state index in [9.17, 15) is 4.79 Å². The number of piperidine rings is 1. The topological polar surface area (TPSA) is 35.9 Å². The van der Waals surface area contributed by atoms with Crippen molar-refractivity contribution in [2.24, 2.45) is 4.99 Å². The second kappa shape index (κ2) is 4.80. The highest BCUT2D eigenvalue weighted by atomic mass is 16.2. The van der Waals surface area contributed by atoms with Crippen LogP contribution in [-0.2, 0) is 0 Å². The van der Waals surface area contributed by atoms with E-state index in [1.54, 1.807) is 4.90 Å². The van der Waals surface area contributed by atoms with Crippen LogP contribution in [-0.4, -0.2) is 36.4 Å². The highest BCUT2D eigenvalue weighted by Gasteiger charge is 2.28. The summed E-state index contributed by atoms with van der Waals surface area (Å²) in [5, 5.41) is 0. The molecule has 0 spiro atoms. The van der Waals surface area contributed by atoms with E-state index in [-0.39, 0.29) is 6.03 Å². The lowest BCUT2D eigenvalue weighted by Gasteiger charge is -2.28. The monoisotopic (exact) mass is 243 g/mol. The number of anilines is 1. The largest absolute Gasteiger partial charge is 0.358 e. The molecule has 0 radical (unpaired) electrons. The van der Waals surface area contributed by atoms with E-state index in [4.69, 9.17) is 0 Å². The minimum absolute atomic E-state index is 0.137. The van der Waals surface area contributed by atoms with Crippen molar-refractivity contribution < 1.29 is 4.79 Å². The minimum Gasteiger partial charge on any atom is -0.358 e. The molecule has 2 amide bonds. The number of benzene rings is 1. The summed E-state index contributed by atoms with van der Waals surface area (Å²) in [6.45, 7) is 2.69. The van der Waals surface area contributed by atoms with Gasteiger partial charge in [-0.15, -0.1) is 0 Å². The molecule has 0 atom stereocenters. The fourth-order valence-electron chi connectivity index (χ4n) is 2.55. The number of aliphatic imine (C=N–C) groups is 1. The van der Waals surface area contributed by atoms with Gasteiger partial charge in [-0.1, -0.05) is 18.2 Å². The molecule has 2 heterocycles. The minimum atomic E-state index is -0.137. The maximum absolute atomic E-state index is 11.9. The van der Waals surface area contributed by atoms with Gasteiger partial charge < -0.3 is 4.90 Å². The summed E-state index contributed by atoms with van der Waals surface area (Å²) in [6, 6.07) is 9.61. The van der Waals surface area contributed by atoms with Gasteiger partial charge in [0, 0.05) is 18.8 Å². The quantitative estimate of drug-likeness (QED) is 0.759. The molecule has 1 fully saturated rings. The number of carbonyl (C=O) groups excluding carboxylic acids is 1. The number of amidine groups is 1. The normalized spacial score (nSPS) is 20.2. The Morgan fingerprint density at radius 1 is 1.00 bits per heavy atom. The molecule has 1 saturated heterocycles. The third-order valence-corrected chi connectivity index (χ3v) is 3.54. The van der Waals surface area contributed by atoms with Crippen molar-refractivity contribution in [2.75, 3.05) is 24.5 Å². The van der Waals surface area contributed by atoms with Gasteiger partial charge >= 0.3 is 6.03 Å². The van der Waals surface area contributed by atoms with E-state index in [1.165, 1.54) is 19.3 Å². The molecular weight excluding hydrogens is 226 g/mol. The lowest BCUT2D eigenvalue weighted by molar-refractivity contribution is 0.256. The molecule has 1 aromatic rings. The molecule has 0 N–H and O–H groups in total. The first-order valence-corrected chi connectivity index (χ1v) is 6.54. The van der Waals surface area contributed by atoms with Crippen molar-refractivity contribution in [3.63, 3.8) is 0 Å². The van der Waals surface area contributed by atoms with Crippen molar-refractivity contribution in [1.29, 1.82) is 0 Å². The maximum atomic E-state index is 11.9. The van der Waals surface area contributed by atoms with Gasteiger partial charge in [-0.3, -0.25) is 4.90 Å². The highest BCUT2D eigenvalue weighted by molar-refractivity contribution is 6.11. The van der Waals surface area contributed by atoms with Crippen LogP contribution in [0.4, 0.5) is 10.5 Å². The number of likely N-dealkylation sites (tertiary alicyclic amines) is 1. The van der Waals surface area contributed by atoms with E-state index >= 15 is 0 Å². The number of para-hydroxylation sites is 1. The van der Waals surface area contributed by atoms with Crippen LogP contribution in [0.15, 0.2) is 35.3 Å². The first kappa shape index (κ1) is 11.3. The van der Waals surface area contributed by atoms with Gasteiger partial charge in [-0.25, -0.2) is 4.79 Å². The van der Waals surface area contributed by atoms with Gasteiger partial charge in [0.1, 0.15) is 5.84 Å². The second-order valence-electron chi connectivity index (χ2n) is 4.78. The number of hydrogen-bond acceptors (Lipinski definition) is 2. The number of hydrogen-bond donors (Lipinski definition) is 0. The van der Waals surface area contributed by atoms with Crippen LogP contribution in [0.1, 0.15) is 19.3 Å². The van der Waals surface area contributed by atoms with E-state index < -0.39 is 0 Å². The molecule has 4 nitrogen and oxygen atoms in total. The smallest absolute Gasteiger partial charge is 0.350 e.